The van der Waals surface area contributed by atoms with Crippen molar-refractivity contribution in [1.82, 2.24) is 4.57 Å². The Morgan fingerprint density at radius 1 is 0.490 bits per heavy atom. The molecule has 0 saturated heterocycles. The molecule has 0 fully saturated rings. The van der Waals surface area contributed by atoms with E-state index in [9.17, 15) is 10.1 Å². The summed E-state index contributed by atoms with van der Waals surface area (Å²) in [6.07, 6.45) is 0. The Labute approximate surface area is 295 Å². The molecule has 0 N–H and O–H groups in total. The van der Waals surface area contributed by atoms with Crippen molar-refractivity contribution in [2.24, 2.45) is 9.98 Å². The number of hydrogen-bond donors (Lipinski definition) is 0. The maximum Gasteiger partial charge on any atom is 0.269 e. The fourth-order valence-electron chi connectivity index (χ4n) is 6.57. The largest absolute Gasteiger partial charge is 0.336 e. The molecule has 0 bridgehead atoms. The smallest absolute Gasteiger partial charge is 0.269 e. The van der Waals surface area contributed by atoms with E-state index in [1.165, 1.54) is 6.07 Å². The third-order valence-corrected chi connectivity index (χ3v) is 8.97. The molecule has 0 aliphatic carbocycles. The molecule has 8 aromatic rings. The summed E-state index contributed by atoms with van der Waals surface area (Å²) in [6.45, 7) is 0.427. The van der Waals surface area contributed by atoms with E-state index in [1.54, 1.807) is 12.1 Å². The first-order valence-electron chi connectivity index (χ1n) is 16.8. The van der Waals surface area contributed by atoms with Crippen LogP contribution in [0.1, 0.15) is 27.8 Å². The molecule has 0 amide bonds. The van der Waals surface area contributed by atoms with Crippen LogP contribution in [-0.4, -0.2) is 20.9 Å². The molecule has 0 aliphatic rings. The molecule has 244 valence electrons. The van der Waals surface area contributed by atoms with Gasteiger partial charge in [-0.2, -0.15) is 0 Å². The van der Waals surface area contributed by atoms with Crippen molar-refractivity contribution < 1.29 is 4.92 Å². The van der Waals surface area contributed by atoms with E-state index in [0.717, 1.165) is 72.4 Å². The van der Waals surface area contributed by atoms with Gasteiger partial charge >= 0.3 is 0 Å². The lowest BCUT2D eigenvalue weighted by Gasteiger charge is -2.11. The van der Waals surface area contributed by atoms with Crippen LogP contribution in [0.5, 0.6) is 0 Å². The first-order chi connectivity index (χ1) is 25.1. The number of rotatable bonds is 9. The van der Waals surface area contributed by atoms with Crippen molar-refractivity contribution >= 4 is 50.3 Å². The Bertz CT molecular complexity index is 2330. The Morgan fingerprint density at radius 3 is 1.29 bits per heavy atom. The van der Waals surface area contributed by atoms with E-state index in [-0.39, 0.29) is 10.6 Å². The number of benzene rings is 7. The zero-order chi connectivity index (χ0) is 34.6. The summed E-state index contributed by atoms with van der Waals surface area (Å²) >= 11 is 0. The van der Waals surface area contributed by atoms with Crippen LogP contribution in [0, 0.1) is 10.1 Å². The second-order valence-electron chi connectivity index (χ2n) is 12.3. The quantitative estimate of drug-likeness (QED) is 0.0878. The molecule has 0 radical (unpaired) electrons. The maximum absolute atomic E-state index is 11.7. The molecule has 1 heterocycles. The van der Waals surface area contributed by atoms with Gasteiger partial charge in [0.2, 0.25) is 0 Å². The highest BCUT2D eigenvalue weighted by atomic mass is 16.6. The lowest BCUT2D eigenvalue weighted by molar-refractivity contribution is -0.384. The highest BCUT2D eigenvalue weighted by molar-refractivity contribution is 6.16. The molecule has 7 aromatic carbocycles. The van der Waals surface area contributed by atoms with Crippen LogP contribution in [0.3, 0.4) is 0 Å². The fraction of sp³-hybridized carbons (Fsp3) is 0.0222. The zero-order valence-electron chi connectivity index (χ0n) is 27.6. The average Bonchev–Trinajstić information content (AvgIpc) is 3.48. The molecule has 0 saturated carbocycles. The van der Waals surface area contributed by atoms with E-state index >= 15 is 0 Å². The number of hydrogen-bond acceptors (Lipinski definition) is 4. The van der Waals surface area contributed by atoms with Crippen LogP contribution in [0.15, 0.2) is 192 Å². The fourth-order valence-corrected chi connectivity index (χ4v) is 6.57. The van der Waals surface area contributed by atoms with Gasteiger partial charge in [-0.25, -0.2) is 9.98 Å². The summed E-state index contributed by atoms with van der Waals surface area (Å²) in [6, 6.07) is 60.2. The van der Waals surface area contributed by atoms with Crippen molar-refractivity contribution in [3.63, 3.8) is 0 Å². The van der Waals surface area contributed by atoms with E-state index in [1.807, 2.05) is 78.9 Å². The van der Waals surface area contributed by atoms with Crippen molar-refractivity contribution in [3.8, 4) is 0 Å². The zero-order valence-corrected chi connectivity index (χ0v) is 27.6. The van der Waals surface area contributed by atoms with E-state index in [4.69, 9.17) is 9.98 Å². The average molecular weight is 661 g/mol. The summed E-state index contributed by atoms with van der Waals surface area (Å²) in [5.41, 5.74) is 10.3. The van der Waals surface area contributed by atoms with Crippen molar-refractivity contribution in [2.45, 2.75) is 6.54 Å². The second kappa shape index (κ2) is 13.9. The third kappa shape index (κ3) is 6.58. The molecule has 8 rings (SSSR count). The minimum atomic E-state index is -0.349. The van der Waals surface area contributed by atoms with Crippen molar-refractivity contribution in [2.75, 3.05) is 0 Å². The monoisotopic (exact) mass is 660 g/mol. The minimum absolute atomic E-state index is 0.0644. The SMILES string of the molecule is O=[N+]([O-])c1cccc(Cn2c3cc(N=C(c4ccccc4)c4ccccc4)ccc3c3ccc(N=C(c4ccccc4)c4ccccc4)cc32)c1. The summed E-state index contributed by atoms with van der Waals surface area (Å²) in [5, 5.41) is 13.8. The highest BCUT2D eigenvalue weighted by Gasteiger charge is 2.16. The molecule has 1 aromatic heterocycles. The number of nitro groups is 1. The number of aromatic nitrogens is 1. The van der Waals surface area contributed by atoms with Gasteiger partial charge in [0.25, 0.3) is 5.69 Å². The topological polar surface area (TPSA) is 72.8 Å². The van der Waals surface area contributed by atoms with Gasteiger partial charge in [-0.15, -0.1) is 0 Å². The number of nitro benzene ring substituents is 1. The van der Waals surface area contributed by atoms with Gasteiger partial charge in [0, 0.05) is 51.7 Å². The molecular weight excluding hydrogens is 629 g/mol. The number of aliphatic imine (C=N–C) groups is 2. The van der Waals surface area contributed by atoms with Gasteiger partial charge in [0.05, 0.1) is 38.8 Å². The Kier molecular flexibility index (Phi) is 8.55. The summed E-state index contributed by atoms with van der Waals surface area (Å²) in [5.74, 6) is 0. The van der Waals surface area contributed by atoms with Gasteiger partial charge in [0.1, 0.15) is 0 Å². The Balaban J connectivity index is 1.33. The normalized spacial score (nSPS) is 11.0. The molecule has 0 spiro atoms. The standard InChI is InChI=1S/C45H32N4O2/c50-49(51)39-23-13-14-32(28-39)31-48-42-29-37(46-44(33-15-5-1-6-16-33)34-17-7-2-8-18-34)24-26-40(42)41-27-25-38(30-43(41)48)47-45(35-19-9-3-10-20-35)36-21-11-4-12-22-36/h1-30H,31H2. The molecule has 0 unspecified atom stereocenters. The van der Waals surface area contributed by atoms with Gasteiger partial charge in [-0.05, 0) is 29.8 Å². The van der Waals surface area contributed by atoms with Crippen LogP contribution in [0.4, 0.5) is 17.1 Å². The predicted molar refractivity (Wildman–Crippen MR) is 208 cm³/mol. The molecule has 0 aliphatic heterocycles. The molecular formula is C45H32N4O2. The second-order valence-corrected chi connectivity index (χ2v) is 12.3. The Morgan fingerprint density at radius 2 is 0.902 bits per heavy atom. The number of nitrogens with zero attached hydrogens (tertiary/aromatic N) is 4. The van der Waals surface area contributed by atoms with Crippen LogP contribution in [-0.2, 0) is 6.54 Å². The molecule has 51 heavy (non-hydrogen) atoms. The van der Waals surface area contributed by atoms with Gasteiger partial charge in [-0.1, -0.05) is 146 Å². The first-order valence-corrected chi connectivity index (χ1v) is 16.8. The molecule has 6 nitrogen and oxygen atoms in total. The van der Waals surface area contributed by atoms with E-state index < -0.39 is 0 Å². The number of non-ortho nitro benzene ring substituents is 1. The maximum atomic E-state index is 11.7. The number of fused-ring (bicyclic) bond motifs is 3. The lowest BCUT2D eigenvalue weighted by atomic mass is 10.0. The first kappa shape index (κ1) is 31.4. The van der Waals surface area contributed by atoms with Crippen LogP contribution < -0.4 is 0 Å². The minimum Gasteiger partial charge on any atom is -0.336 e. The van der Waals surface area contributed by atoms with Crippen LogP contribution in [0.25, 0.3) is 21.8 Å². The summed E-state index contributed by atoms with van der Waals surface area (Å²) in [7, 11) is 0. The molecule has 0 atom stereocenters. The Hall–Kier alpha value is -6.92. The van der Waals surface area contributed by atoms with Gasteiger partial charge in [-0.3, -0.25) is 10.1 Å². The van der Waals surface area contributed by atoms with Gasteiger partial charge < -0.3 is 4.57 Å². The van der Waals surface area contributed by atoms with Crippen molar-refractivity contribution in [3.05, 3.63) is 220 Å². The van der Waals surface area contributed by atoms with Crippen molar-refractivity contribution in [1.29, 1.82) is 0 Å². The van der Waals surface area contributed by atoms with Gasteiger partial charge in [0.15, 0.2) is 0 Å². The van der Waals surface area contributed by atoms with E-state index in [0.29, 0.717) is 6.54 Å². The summed E-state index contributed by atoms with van der Waals surface area (Å²) < 4.78 is 2.22. The third-order valence-electron chi connectivity index (χ3n) is 8.97. The molecule has 6 heteroatoms. The van der Waals surface area contributed by atoms with E-state index in [2.05, 4.69) is 89.5 Å². The van der Waals surface area contributed by atoms with Crippen LogP contribution >= 0.6 is 0 Å². The highest BCUT2D eigenvalue weighted by Crippen LogP contribution is 2.35. The van der Waals surface area contributed by atoms with Crippen LogP contribution in [0.2, 0.25) is 0 Å². The lowest BCUT2D eigenvalue weighted by Crippen LogP contribution is -2.03. The predicted octanol–water partition coefficient (Wildman–Crippen LogP) is 11.1. The summed E-state index contributed by atoms with van der Waals surface area (Å²) in [4.78, 5) is 21.8.